The van der Waals surface area contributed by atoms with E-state index in [1.54, 1.807) is 0 Å². The maximum absolute atomic E-state index is 7.72. The molecule has 0 saturated heterocycles. The Morgan fingerprint density at radius 1 is 0.211 bits per heavy atom. The molecule has 0 spiro atoms. The molecule has 0 amide bonds. The fourth-order valence-electron chi connectivity index (χ4n) is 7.44. The third-order valence-corrected chi connectivity index (χ3v) is 10.8. The van der Waals surface area contributed by atoms with E-state index in [4.69, 9.17) is 11.6 Å². The molecule has 9 rings (SSSR count). The molecular weight excluding hydrogens is 712 g/mol. The number of halogens is 1. The highest BCUT2D eigenvalue weighted by Gasteiger charge is 2.23. The molecule has 0 aliphatic heterocycles. The molecule has 0 radical (unpaired) electrons. The largest absolute Gasteiger partial charge is 0.309 e. The lowest BCUT2D eigenvalue weighted by Gasteiger charge is -2.31. The standard InChI is InChI=1S/C54H39ClN2/c55-54-52(56(48-32-24-44(25-33-48)40-14-5-1-6-15-40)49-34-26-45(27-35-49)41-16-7-2-8-17-41)22-13-23-53(54)57(50-36-28-46(29-37-50)42-18-9-3-10-19-42)51-38-30-47(31-39-51)43-20-11-4-12-21-43/h1-39H. The van der Waals surface area contributed by atoms with Crippen LogP contribution in [0.25, 0.3) is 44.5 Å². The van der Waals surface area contributed by atoms with Crippen molar-refractivity contribution in [1.82, 2.24) is 0 Å². The van der Waals surface area contributed by atoms with E-state index in [1.165, 1.54) is 22.3 Å². The van der Waals surface area contributed by atoms with Gasteiger partial charge in [-0.2, -0.15) is 0 Å². The number of rotatable bonds is 10. The van der Waals surface area contributed by atoms with Crippen molar-refractivity contribution >= 4 is 45.7 Å². The number of hydrogen-bond donors (Lipinski definition) is 0. The monoisotopic (exact) mass is 750 g/mol. The highest BCUT2D eigenvalue weighted by molar-refractivity contribution is 6.36. The van der Waals surface area contributed by atoms with Gasteiger partial charge in [0.25, 0.3) is 0 Å². The summed E-state index contributed by atoms with van der Waals surface area (Å²) in [6, 6.07) is 83.1. The van der Waals surface area contributed by atoms with Crippen molar-refractivity contribution in [2.45, 2.75) is 0 Å². The van der Waals surface area contributed by atoms with Crippen LogP contribution in [0.4, 0.5) is 34.1 Å². The van der Waals surface area contributed by atoms with Crippen molar-refractivity contribution in [3.05, 3.63) is 242 Å². The molecule has 57 heavy (non-hydrogen) atoms. The maximum Gasteiger partial charge on any atom is 0.0887 e. The molecule has 0 aliphatic carbocycles. The molecule has 2 nitrogen and oxygen atoms in total. The predicted molar refractivity (Wildman–Crippen MR) is 243 cm³/mol. The zero-order valence-electron chi connectivity index (χ0n) is 31.3. The molecule has 9 aromatic carbocycles. The molecule has 0 aromatic heterocycles. The molecule has 0 unspecified atom stereocenters. The van der Waals surface area contributed by atoms with Gasteiger partial charge in [0.2, 0.25) is 0 Å². The fourth-order valence-corrected chi connectivity index (χ4v) is 7.74. The lowest BCUT2D eigenvalue weighted by molar-refractivity contribution is 1.25. The van der Waals surface area contributed by atoms with Crippen LogP contribution in [-0.4, -0.2) is 0 Å². The fraction of sp³-hybridized carbons (Fsp3) is 0. The molecule has 0 bridgehead atoms. The lowest BCUT2D eigenvalue weighted by Crippen LogP contribution is -2.14. The number of benzene rings is 9. The second-order valence-electron chi connectivity index (χ2n) is 13.9. The minimum absolute atomic E-state index is 0.635. The Morgan fingerprint density at radius 3 is 0.649 bits per heavy atom. The molecule has 0 aliphatic rings. The van der Waals surface area contributed by atoms with Gasteiger partial charge in [0, 0.05) is 22.7 Å². The van der Waals surface area contributed by atoms with Crippen molar-refractivity contribution in [3.63, 3.8) is 0 Å². The van der Waals surface area contributed by atoms with Crippen LogP contribution in [0, 0.1) is 0 Å². The van der Waals surface area contributed by atoms with Crippen molar-refractivity contribution in [3.8, 4) is 44.5 Å². The van der Waals surface area contributed by atoms with Crippen LogP contribution in [-0.2, 0) is 0 Å². The molecule has 272 valence electrons. The SMILES string of the molecule is Clc1c(N(c2ccc(-c3ccccc3)cc2)c2ccc(-c3ccccc3)cc2)cccc1N(c1ccc(-c2ccccc2)cc1)c1ccc(-c2ccccc2)cc1. The highest BCUT2D eigenvalue weighted by atomic mass is 35.5. The normalized spacial score (nSPS) is 10.9. The van der Waals surface area contributed by atoms with Gasteiger partial charge in [-0.05, 0) is 105 Å². The first-order chi connectivity index (χ1) is 28.2. The number of anilines is 6. The summed E-state index contributed by atoms with van der Waals surface area (Å²) in [6.45, 7) is 0. The van der Waals surface area contributed by atoms with Gasteiger partial charge in [0.15, 0.2) is 0 Å². The van der Waals surface area contributed by atoms with Crippen LogP contribution >= 0.6 is 11.6 Å². The Balaban J connectivity index is 1.17. The smallest absolute Gasteiger partial charge is 0.0887 e. The summed E-state index contributed by atoms with van der Waals surface area (Å²) >= 11 is 7.72. The van der Waals surface area contributed by atoms with Gasteiger partial charge < -0.3 is 9.80 Å². The lowest BCUT2D eigenvalue weighted by atomic mass is 10.0. The van der Waals surface area contributed by atoms with Crippen LogP contribution in [0.1, 0.15) is 0 Å². The van der Waals surface area contributed by atoms with E-state index in [0.29, 0.717) is 5.02 Å². The van der Waals surface area contributed by atoms with Crippen LogP contribution in [0.5, 0.6) is 0 Å². The number of hydrogen-bond acceptors (Lipinski definition) is 2. The van der Waals surface area contributed by atoms with Gasteiger partial charge >= 0.3 is 0 Å². The van der Waals surface area contributed by atoms with Crippen molar-refractivity contribution < 1.29 is 0 Å². The summed E-state index contributed by atoms with van der Waals surface area (Å²) in [5.74, 6) is 0. The topological polar surface area (TPSA) is 6.48 Å². The van der Waals surface area contributed by atoms with E-state index in [0.717, 1.165) is 56.4 Å². The number of nitrogens with zero attached hydrogens (tertiary/aromatic N) is 2. The summed E-state index contributed by atoms with van der Waals surface area (Å²) in [4.78, 5) is 4.51. The molecular formula is C54H39ClN2. The summed E-state index contributed by atoms with van der Waals surface area (Å²) in [5.41, 5.74) is 15.1. The molecule has 0 atom stereocenters. The summed E-state index contributed by atoms with van der Waals surface area (Å²) in [6.07, 6.45) is 0. The third-order valence-electron chi connectivity index (χ3n) is 10.4. The highest BCUT2D eigenvalue weighted by Crippen LogP contribution is 2.47. The first kappa shape index (κ1) is 35.6. The van der Waals surface area contributed by atoms with Gasteiger partial charge in [-0.25, -0.2) is 0 Å². The summed E-state index contributed by atoms with van der Waals surface area (Å²) in [7, 11) is 0. The molecule has 9 aromatic rings. The van der Waals surface area contributed by atoms with Crippen molar-refractivity contribution in [2.24, 2.45) is 0 Å². The quantitative estimate of drug-likeness (QED) is 0.137. The molecule has 3 heteroatoms. The minimum atomic E-state index is 0.635. The first-order valence-corrected chi connectivity index (χ1v) is 19.6. The Morgan fingerprint density at radius 2 is 0.421 bits per heavy atom. The molecule has 0 saturated carbocycles. The van der Waals surface area contributed by atoms with E-state index in [1.807, 2.05) is 24.3 Å². The van der Waals surface area contributed by atoms with Gasteiger partial charge in [0.1, 0.15) is 0 Å². The van der Waals surface area contributed by atoms with Crippen molar-refractivity contribution in [2.75, 3.05) is 9.80 Å². The third kappa shape index (κ3) is 7.60. The zero-order chi connectivity index (χ0) is 38.4. The predicted octanol–water partition coefficient (Wildman–Crippen LogP) is 15.9. The molecule has 0 heterocycles. The van der Waals surface area contributed by atoms with Gasteiger partial charge in [0.05, 0.1) is 16.4 Å². The Labute approximate surface area is 340 Å². The Hall–Kier alpha value is -7.13. The average Bonchev–Trinajstić information content (AvgIpc) is 3.30. The van der Waals surface area contributed by atoms with E-state index in [-0.39, 0.29) is 0 Å². The van der Waals surface area contributed by atoms with E-state index < -0.39 is 0 Å². The van der Waals surface area contributed by atoms with Crippen LogP contribution in [0.15, 0.2) is 237 Å². The minimum Gasteiger partial charge on any atom is -0.309 e. The van der Waals surface area contributed by atoms with Gasteiger partial charge in [-0.1, -0.05) is 188 Å². The summed E-state index contributed by atoms with van der Waals surface area (Å²) in [5, 5.41) is 0.635. The second kappa shape index (κ2) is 16.3. The van der Waals surface area contributed by atoms with Crippen LogP contribution in [0.3, 0.4) is 0 Å². The maximum atomic E-state index is 7.72. The van der Waals surface area contributed by atoms with Gasteiger partial charge in [-0.15, -0.1) is 0 Å². The average molecular weight is 751 g/mol. The van der Waals surface area contributed by atoms with E-state index in [2.05, 4.69) is 222 Å². The zero-order valence-corrected chi connectivity index (χ0v) is 32.0. The second-order valence-corrected chi connectivity index (χ2v) is 14.3. The van der Waals surface area contributed by atoms with Crippen LogP contribution in [0.2, 0.25) is 5.02 Å². The molecule has 0 fully saturated rings. The first-order valence-electron chi connectivity index (χ1n) is 19.2. The van der Waals surface area contributed by atoms with Crippen molar-refractivity contribution in [1.29, 1.82) is 0 Å². The van der Waals surface area contributed by atoms with E-state index in [9.17, 15) is 0 Å². The summed E-state index contributed by atoms with van der Waals surface area (Å²) < 4.78 is 0. The Kier molecular flexibility index (Phi) is 10.2. The van der Waals surface area contributed by atoms with Crippen LogP contribution < -0.4 is 9.80 Å². The van der Waals surface area contributed by atoms with Gasteiger partial charge in [-0.3, -0.25) is 0 Å². The molecule has 0 N–H and O–H groups in total. The van der Waals surface area contributed by atoms with E-state index >= 15 is 0 Å². The Bertz CT molecular complexity index is 2330.